The second-order valence-corrected chi connectivity index (χ2v) is 6.45. The Labute approximate surface area is 183 Å². The van der Waals surface area contributed by atoms with E-state index < -0.39 is 23.9 Å². The van der Waals surface area contributed by atoms with Crippen LogP contribution in [0, 0.1) is 0 Å². The summed E-state index contributed by atoms with van der Waals surface area (Å²) in [6.45, 7) is 0. The molecule has 2 aliphatic rings. The molecule has 2 aromatic rings. The number of hydrogen-bond acceptors (Lipinski definition) is 9. The van der Waals surface area contributed by atoms with Gasteiger partial charge in [-0.2, -0.15) is 0 Å². The van der Waals surface area contributed by atoms with Gasteiger partial charge in [-0.15, -0.1) is 0 Å². The number of hydrogen-bond donors (Lipinski definition) is 0. The second kappa shape index (κ2) is 12.5. The molecule has 0 saturated carbocycles. The summed E-state index contributed by atoms with van der Waals surface area (Å²) in [4.78, 5) is 63.7. The number of carbonyl (C=O) groups is 6. The summed E-state index contributed by atoms with van der Waals surface area (Å²) < 4.78 is 13.0. The monoisotopic (exact) mass is 440 g/mol. The first-order valence-electron chi connectivity index (χ1n) is 9.69. The van der Waals surface area contributed by atoms with Crippen LogP contribution in [0.1, 0.15) is 52.8 Å². The van der Waals surface area contributed by atoms with Crippen LogP contribution in [0.5, 0.6) is 0 Å². The van der Waals surface area contributed by atoms with E-state index in [1.807, 2.05) is 0 Å². The van der Waals surface area contributed by atoms with Gasteiger partial charge in [0.15, 0.2) is 0 Å². The lowest BCUT2D eigenvalue weighted by Gasteiger charge is -2.06. The molecule has 0 bridgehead atoms. The van der Waals surface area contributed by atoms with Crippen molar-refractivity contribution in [2.45, 2.75) is 32.1 Å². The maximum absolute atomic E-state index is 11.6. The summed E-state index contributed by atoms with van der Waals surface area (Å²) in [7, 11) is 0. The van der Waals surface area contributed by atoms with Crippen molar-refractivity contribution in [1.29, 1.82) is 0 Å². The Balaban J connectivity index is 0.000000199. The molecule has 9 heteroatoms. The largest absolute Gasteiger partial charge is 0.393 e. The highest BCUT2D eigenvalue weighted by molar-refractivity contribution is 6.02. The van der Waals surface area contributed by atoms with E-state index in [2.05, 4.69) is 9.47 Å². The molecule has 166 valence electrons. The van der Waals surface area contributed by atoms with Crippen molar-refractivity contribution < 1.29 is 43.0 Å². The van der Waals surface area contributed by atoms with Crippen LogP contribution >= 0.6 is 0 Å². The molecule has 2 aliphatic heterocycles. The molecule has 2 fully saturated rings. The predicted molar refractivity (Wildman–Crippen MR) is 108 cm³/mol. The minimum Gasteiger partial charge on any atom is -0.393 e. The fraction of sp³-hybridized carbons (Fsp3) is 0.217. The van der Waals surface area contributed by atoms with E-state index in [1.54, 1.807) is 60.7 Å². The number of carbonyl (C=O) groups excluding carboxylic acids is 6. The molecule has 2 saturated heterocycles. The highest BCUT2D eigenvalue weighted by atomic mass is 16.6. The first-order valence-corrected chi connectivity index (χ1v) is 9.69. The Kier molecular flexibility index (Phi) is 9.45. The van der Waals surface area contributed by atoms with Crippen LogP contribution in [-0.4, -0.2) is 35.8 Å². The van der Waals surface area contributed by atoms with E-state index in [9.17, 15) is 28.8 Å². The van der Waals surface area contributed by atoms with Crippen molar-refractivity contribution in [3.63, 3.8) is 0 Å². The fourth-order valence-electron chi connectivity index (χ4n) is 2.39. The SMILES string of the molecule is O=C(OC(=O)c1ccccc1)c1ccccc1.O=C1CCC(=O)O1.O=C1CCCC(=O)O1. The normalized spacial score (nSPS) is 14.6. The molecule has 0 atom stereocenters. The molecule has 2 heterocycles. The molecule has 0 aliphatic carbocycles. The molecule has 9 nitrogen and oxygen atoms in total. The standard InChI is InChI=1S/C14H10O3.C5H6O3.C4H4O3/c15-13(11-7-3-1-4-8-11)17-14(16)12-9-5-2-6-10-12;6-4-2-1-3-5(7)8-4;5-3-1-2-4(6)7-3/h1-10H;1-3H2;1-2H2. The van der Waals surface area contributed by atoms with Crippen molar-refractivity contribution in [1.82, 2.24) is 0 Å². The van der Waals surface area contributed by atoms with Gasteiger partial charge >= 0.3 is 35.8 Å². The van der Waals surface area contributed by atoms with Gasteiger partial charge in [0.2, 0.25) is 0 Å². The van der Waals surface area contributed by atoms with Gasteiger partial charge in [0.1, 0.15) is 0 Å². The van der Waals surface area contributed by atoms with Gasteiger partial charge in [-0.3, -0.25) is 19.2 Å². The lowest BCUT2D eigenvalue weighted by Crippen LogP contribution is -2.17. The van der Waals surface area contributed by atoms with Gasteiger partial charge in [0, 0.05) is 12.8 Å². The molecule has 32 heavy (non-hydrogen) atoms. The summed E-state index contributed by atoms with van der Waals surface area (Å²) in [5, 5.41) is 0. The zero-order chi connectivity index (χ0) is 23.3. The fourth-order valence-corrected chi connectivity index (χ4v) is 2.39. The van der Waals surface area contributed by atoms with E-state index in [4.69, 9.17) is 4.74 Å². The van der Waals surface area contributed by atoms with Gasteiger partial charge in [0.05, 0.1) is 24.0 Å². The summed E-state index contributed by atoms with van der Waals surface area (Å²) >= 11 is 0. The van der Waals surface area contributed by atoms with E-state index in [-0.39, 0.29) is 24.8 Å². The average Bonchev–Trinajstić information content (AvgIpc) is 3.18. The van der Waals surface area contributed by atoms with Crippen LogP contribution in [0.2, 0.25) is 0 Å². The third-order valence-corrected chi connectivity index (χ3v) is 3.95. The average molecular weight is 440 g/mol. The number of ether oxygens (including phenoxy) is 3. The van der Waals surface area contributed by atoms with Crippen molar-refractivity contribution in [3.8, 4) is 0 Å². The van der Waals surface area contributed by atoms with Crippen LogP contribution < -0.4 is 0 Å². The number of cyclic esters (lactones) is 4. The molecule has 0 radical (unpaired) electrons. The molecule has 0 spiro atoms. The van der Waals surface area contributed by atoms with Crippen molar-refractivity contribution in [3.05, 3.63) is 71.8 Å². The molecule has 0 unspecified atom stereocenters. The lowest BCUT2D eigenvalue weighted by atomic mass is 10.2. The van der Waals surface area contributed by atoms with E-state index in [0.717, 1.165) is 0 Å². The van der Waals surface area contributed by atoms with E-state index in [1.165, 1.54) is 0 Å². The molecular formula is C23H20O9. The molecular weight excluding hydrogens is 420 g/mol. The van der Waals surface area contributed by atoms with Crippen LogP contribution in [0.25, 0.3) is 0 Å². The Morgan fingerprint density at radius 1 is 0.562 bits per heavy atom. The molecule has 2 aromatic carbocycles. The smallest absolute Gasteiger partial charge is 0.346 e. The molecule has 0 amide bonds. The van der Waals surface area contributed by atoms with Crippen LogP contribution in [-0.2, 0) is 33.4 Å². The first-order chi connectivity index (χ1) is 15.3. The van der Waals surface area contributed by atoms with Gasteiger partial charge in [0.25, 0.3) is 0 Å². The van der Waals surface area contributed by atoms with Gasteiger partial charge in [-0.1, -0.05) is 36.4 Å². The number of benzene rings is 2. The molecule has 4 rings (SSSR count). The lowest BCUT2D eigenvalue weighted by molar-refractivity contribution is -0.163. The van der Waals surface area contributed by atoms with Gasteiger partial charge in [-0.05, 0) is 30.7 Å². The van der Waals surface area contributed by atoms with Crippen molar-refractivity contribution >= 4 is 35.8 Å². The maximum atomic E-state index is 11.6. The van der Waals surface area contributed by atoms with Gasteiger partial charge < -0.3 is 14.2 Å². The molecule has 0 aromatic heterocycles. The Morgan fingerprint density at radius 3 is 1.16 bits per heavy atom. The quantitative estimate of drug-likeness (QED) is 0.393. The Hall–Kier alpha value is -4.14. The summed E-state index contributed by atoms with van der Waals surface area (Å²) in [6.07, 6.45) is 1.97. The summed E-state index contributed by atoms with van der Waals surface area (Å²) in [5.74, 6) is -2.85. The zero-order valence-electron chi connectivity index (χ0n) is 17.0. The molecule has 0 N–H and O–H groups in total. The minimum atomic E-state index is -0.639. The topological polar surface area (TPSA) is 130 Å². The zero-order valence-corrected chi connectivity index (χ0v) is 17.0. The van der Waals surface area contributed by atoms with Crippen molar-refractivity contribution in [2.75, 3.05) is 0 Å². The summed E-state index contributed by atoms with van der Waals surface area (Å²) in [6, 6.07) is 16.8. The van der Waals surface area contributed by atoms with Crippen LogP contribution in [0.3, 0.4) is 0 Å². The van der Waals surface area contributed by atoms with Crippen molar-refractivity contribution in [2.24, 2.45) is 0 Å². The number of esters is 6. The van der Waals surface area contributed by atoms with Crippen LogP contribution in [0.4, 0.5) is 0 Å². The maximum Gasteiger partial charge on any atom is 0.346 e. The number of rotatable bonds is 2. The Bertz CT molecular complexity index is 904. The highest BCUT2D eigenvalue weighted by Gasteiger charge is 2.19. The minimum absolute atomic E-state index is 0.263. The van der Waals surface area contributed by atoms with Gasteiger partial charge in [-0.25, -0.2) is 9.59 Å². The Morgan fingerprint density at radius 2 is 0.906 bits per heavy atom. The predicted octanol–water partition coefficient (Wildman–Crippen LogP) is 2.77. The summed E-state index contributed by atoms with van der Waals surface area (Å²) in [5.41, 5.74) is 0.716. The van der Waals surface area contributed by atoms with Crippen LogP contribution in [0.15, 0.2) is 60.7 Å². The first kappa shape index (κ1) is 24.1. The van der Waals surface area contributed by atoms with E-state index >= 15 is 0 Å². The third kappa shape index (κ3) is 8.70. The van der Waals surface area contributed by atoms with E-state index in [0.29, 0.717) is 30.4 Å². The third-order valence-electron chi connectivity index (χ3n) is 3.95. The highest BCUT2D eigenvalue weighted by Crippen LogP contribution is 2.07. The second-order valence-electron chi connectivity index (χ2n) is 6.45.